The molecule has 0 saturated heterocycles. The number of thioether (sulfide) groups is 1. The van der Waals surface area contributed by atoms with E-state index in [2.05, 4.69) is 33.1 Å². The third kappa shape index (κ3) is 5.09. The molecule has 8 heteroatoms. The zero-order valence-electron chi connectivity index (χ0n) is 12.8. The molecule has 1 amide bonds. The Kier molecular flexibility index (Phi) is 6.41. The summed E-state index contributed by atoms with van der Waals surface area (Å²) in [6.45, 7) is 9.40. The zero-order chi connectivity index (χ0) is 15.2. The number of nitrogens with zero attached hydrogens (tertiary/aromatic N) is 4. The monoisotopic (exact) mass is 300 g/mol. The van der Waals surface area contributed by atoms with Gasteiger partial charge in [-0.15, -0.1) is 5.10 Å². The summed E-state index contributed by atoms with van der Waals surface area (Å²) in [6.07, 6.45) is 0.885. The normalized spacial score (nSPS) is 13.2. The molecule has 0 saturated carbocycles. The molecule has 0 fully saturated rings. The van der Waals surface area contributed by atoms with Crippen LogP contribution in [0.15, 0.2) is 5.16 Å². The Morgan fingerprint density at radius 1 is 1.50 bits per heavy atom. The van der Waals surface area contributed by atoms with E-state index in [1.165, 1.54) is 11.8 Å². The van der Waals surface area contributed by atoms with Crippen molar-refractivity contribution in [1.29, 1.82) is 0 Å². The number of carbonyl (C=O) groups is 1. The second kappa shape index (κ2) is 7.58. The van der Waals surface area contributed by atoms with Gasteiger partial charge in [0.15, 0.2) is 0 Å². The molecule has 1 atom stereocenters. The number of tetrazole rings is 1. The fourth-order valence-corrected chi connectivity index (χ4v) is 2.19. The summed E-state index contributed by atoms with van der Waals surface area (Å²) >= 11 is 1.37. The highest BCUT2D eigenvalue weighted by Gasteiger charge is 2.24. The molecular formula is C12H24N6OS. The highest BCUT2D eigenvalue weighted by atomic mass is 32.2. The lowest BCUT2D eigenvalue weighted by atomic mass is 10.0. The molecule has 0 radical (unpaired) electrons. The smallest absolute Gasteiger partial charge is 0.233 e. The van der Waals surface area contributed by atoms with E-state index in [9.17, 15) is 4.79 Å². The van der Waals surface area contributed by atoms with Crippen LogP contribution in [0.3, 0.4) is 0 Å². The Morgan fingerprint density at radius 3 is 2.80 bits per heavy atom. The molecule has 1 aromatic heterocycles. The largest absolute Gasteiger partial charge is 0.350 e. The summed E-state index contributed by atoms with van der Waals surface area (Å²) in [5, 5.41) is 18.0. The molecule has 1 rings (SSSR count). The maximum Gasteiger partial charge on any atom is 0.233 e. The van der Waals surface area contributed by atoms with Crippen molar-refractivity contribution < 1.29 is 4.79 Å². The van der Waals surface area contributed by atoms with E-state index >= 15 is 0 Å². The summed E-state index contributed by atoms with van der Waals surface area (Å²) in [6, 6.07) is 0. The number of amides is 1. The minimum atomic E-state index is -0.236. The van der Waals surface area contributed by atoms with Gasteiger partial charge in [0.25, 0.3) is 0 Å². The first kappa shape index (κ1) is 16.9. The number of nitrogens with one attached hydrogen (secondary N) is 2. The molecule has 1 unspecified atom stereocenters. The Balaban J connectivity index is 2.59. The molecule has 1 heterocycles. The van der Waals surface area contributed by atoms with Gasteiger partial charge in [-0.1, -0.05) is 18.7 Å². The van der Waals surface area contributed by atoms with Crippen LogP contribution in [-0.2, 0) is 11.3 Å². The van der Waals surface area contributed by atoms with Crippen LogP contribution < -0.4 is 10.6 Å². The lowest BCUT2D eigenvalue weighted by Gasteiger charge is -2.26. The second-order valence-electron chi connectivity index (χ2n) is 5.27. The maximum atomic E-state index is 12.1. The minimum absolute atomic E-state index is 0.00464. The van der Waals surface area contributed by atoms with Gasteiger partial charge in [-0.3, -0.25) is 4.79 Å². The number of rotatable bonds is 8. The van der Waals surface area contributed by atoms with E-state index in [0.29, 0.717) is 11.7 Å². The maximum absolute atomic E-state index is 12.1. The third-order valence-corrected chi connectivity index (χ3v) is 4.14. The predicted octanol–water partition coefficient (Wildman–Crippen LogP) is 0.678. The van der Waals surface area contributed by atoms with E-state index in [1.54, 1.807) is 4.68 Å². The molecule has 0 aliphatic heterocycles. The molecule has 0 aliphatic rings. The van der Waals surface area contributed by atoms with Crippen LogP contribution in [0, 0.1) is 0 Å². The first-order valence-corrected chi connectivity index (χ1v) is 7.67. The van der Waals surface area contributed by atoms with Crippen molar-refractivity contribution in [2.24, 2.45) is 0 Å². The summed E-state index contributed by atoms with van der Waals surface area (Å²) in [5.41, 5.74) is -0.191. The van der Waals surface area contributed by atoms with E-state index in [4.69, 9.17) is 0 Å². The Labute approximate surface area is 124 Å². The predicted molar refractivity (Wildman–Crippen MR) is 79.6 cm³/mol. The van der Waals surface area contributed by atoms with Crippen molar-refractivity contribution in [1.82, 2.24) is 30.8 Å². The first-order chi connectivity index (χ1) is 9.39. The summed E-state index contributed by atoms with van der Waals surface area (Å²) in [4.78, 5) is 12.1. The van der Waals surface area contributed by atoms with Crippen LogP contribution in [0.25, 0.3) is 0 Å². The van der Waals surface area contributed by atoms with Gasteiger partial charge in [-0.05, 0) is 44.7 Å². The van der Waals surface area contributed by atoms with Crippen LogP contribution in [0.1, 0.15) is 34.1 Å². The highest BCUT2D eigenvalue weighted by Crippen LogP contribution is 2.21. The molecule has 0 aromatic carbocycles. The quantitative estimate of drug-likeness (QED) is 0.687. The van der Waals surface area contributed by atoms with Gasteiger partial charge in [-0.25, -0.2) is 4.68 Å². The Hall–Kier alpha value is -1.15. The summed E-state index contributed by atoms with van der Waals surface area (Å²) in [5.74, 6) is 0.00464. The molecule has 0 bridgehead atoms. The zero-order valence-corrected chi connectivity index (χ0v) is 13.6. The second-order valence-corrected chi connectivity index (χ2v) is 6.58. The van der Waals surface area contributed by atoms with Gasteiger partial charge in [0.1, 0.15) is 0 Å². The summed E-state index contributed by atoms with van der Waals surface area (Å²) < 4.78 is 1.70. The van der Waals surface area contributed by atoms with Crippen LogP contribution in [0.2, 0.25) is 0 Å². The van der Waals surface area contributed by atoms with Crippen LogP contribution in [0.4, 0.5) is 0 Å². The number of likely N-dealkylation sites (N-methyl/N-ethyl adjacent to an activating group) is 1. The average Bonchev–Trinajstić information content (AvgIpc) is 2.83. The van der Waals surface area contributed by atoms with Gasteiger partial charge < -0.3 is 10.6 Å². The molecule has 7 nitrogen and oxygen atoms in total. The van der Waals surface area contributed by atoms with Crippen molar-refractivity contribution in [2.75, 3.05) is 13.6 Å². The molecule has 114 valence electrons. The molecule has 2 N–H and O–H groups in total. The molecule has 1 aromatic rings. The minimum Gasteiger partial charge on any atom is -0.350 e. The lowest BCUT2D eigenvalue weighted by molar-refractivity contribution is -0.121. The standard InChI is InChI=1S/C12H24N6OS/c1-6-12(3,4)14-10(19)9(2)20-11-15-16-17-18(11)8-7-13-5/h9,13H,6-8H2,1-5H3,(H,14,19). The molecular weight excluding hydrogens is 276 g/mol. The molecule has 0 aliphatic carbocycles. The van der Waals surface area contributed by atoms with Crippen molar-refractivity contribution >= 4 is 17.7 Å². The fourth-order valence-electron chi connectivity index (χ4n) is 1.37. The van der Waals surface area contributed by atoms with Crippen LogP contribution >= 0.6 is 11.8 Å². The van der Waals surface area contributed by atoms with E-state index in [0.717, 1.165) is 13.0 Å². The van der Waals surface area contributed by atoms with Gasteiger partial charge in [0, 0.05) is 12.1 Å². The lowest BCUT2D eigenvalue weighted by Crippen LogP contribution is -2.46. The van der Waals surface area contributed by atoms with Crippen molar-refractivity contribution in [2.45, 2.75) is 56.6 Å². The summed E-state index contributed by atoms with van der Waals surface area (Å²) in [7, 11) is 1.88. The number of hydrogen-bond donors (Lipinski definition) is 2. The molecule has 0 spiro atoms. The number of carbonyl (C=O) groups excluding carboxylic acids is 1. The van der Waals surface area contributed by atoms with Gasteiger partial charge in [-0.2, -0.15) is 0 Å². The number of hydrogen-bond acceptors (Lipinski definition) is 6. The topological polar surface area (TPSA) is 84.7 Å². The van der Waals surface area contributed by atoms with E-state index in [1.807, 2.05) is 27.8 Å². The van der Waals surface area contributed by atoms with E-state index in [-0.39, 0.29) is 16.7 Å². The fraction of sp³-hybridized carbons (Fsp3) is 0.833. The SMILES string of the molecule is CCC(C)(C)NC(=O)C(C)Sc1nnnn1CCNC. The first-order valence-electron chi connectivity index (χ1n) is 6.79. The highest BCUT2D eigenvalue weighted by molar-refractivity contribution is 8.00. The van der Waals surface area contributed by atoms with Crippen LogP contribution in [0.5, 0.6) is 0 Å². The van der Waals surface area contributed by atoms with Crippen molar-refractivity contribution in [3.05, 3.63) is 0 Å². The van der Waals surface area contributed by atoms with Crippen LogP contribution in [-0.4, -0.2) is 50.5 Å². The van der Waals surface area contributed by atoms with Gasteiger partial charge >= 0.3 is 0 Å². The van der Waals surface area contributed by atoms with E-state index < -0.39 is 0 Å². The number of aromatic nitrogens is 4. The third-order valence-electron chi connectivity index (χ3n) is 3.07. The Bertz CT molecular complexity index is 433. The van der Waals surface area contributed by atoms with Crippen molar-refractivity contribution in [3.8, 4) is 0 Å². The van der Waals surface area contributed by atoms with Gasteiger partial charge in [0.05, 0.1) is 11.8 Å². The van der Waals surface area contributed by atoms with Gasteiger partial charge in [0.2, 0.25) is 11.1 Å². The average molecular weight is 300 g/mol. The molecule has 20 heavy (non-hydrogen) atoms. The van der Waals surface area contributed by atoms with Crippen molar-refractivity contribution in [3.63, 3.8) is 0 Å². The Morgan fingerprint density at radius 2 is 2.20 bits per heavy atom.